The summed E-state index contributed by atoms with van der Waals surface area (Å²) in [5.41, 5.74) is 7.33. The monoisotopic (exact) mass is 192 g/mol. The molecule has 14 heavy (non-hydrogen) atoms. The second-order valence-electron chi connectivity index (χ2n) is 3.31. The van der Waals surface area contributed by atoms with Crippen LogP contribution in [0.15, 0.2) is 24.3 Å². The molecule has 1 amide bonds. The SMILES string of the molecule is Nc1cccc([C@H]2COCC(=O)N2)c1. The predicted molar refractivity (Wildman–Crippen MR) is 52.6 cm³/mol. The summed E-state index contributed by atoms with van der Waals surface area (Å²) in [6, 6.07) is 7.38. The molecular weight excluding hydrogens is 180 g/mol. The lowest BCUT2D eigenvalue weighted by Gasteiger charge is -2.23. The van der Waals surface area contributed by atoms with E-state index in [1.165, 1.54) is 0 Å². The van der Waals surface area contributed by atoms with Gasteiger partial charge in [0.25, 0.3) is 0 Å². The van der Waals surface area contributed by atoms with Gasteiger partial charge in [0.1, 0.15) is 6.61 Å². The molecule has 0 bridgehead atoms. The summed E-state index contributed by atoms with van der Waals surface area (Å²) in [7, 11) is 0. The summed E-state index contributed by atoms with van der Waals surface area (Å²) in [6.07, 6.45) is 0. The predicted octanol–water partition coefficient (Wildman–Crippen LogP) is 0.456. The molecule has 74 valence electrons. The average Bonchev–Trinajstić information content (AvgIpc) is 2.18. The van der Waals surface area contributed by atoms with Crippen molar-refractivity contribution in [3.05, 3.63) is 29.8 Å². The minimum atomic E-state index is -0.0799. The fourth-order valence-electron chi connectivity index (χ4n) is 1.50. The van der Waals surface area contributed by atoms with E-state index < -0.39 is 0 Å². The molecule has 1 aliphatic heterocycles. The number of ether oxygens (including phenoxy) is 1. The Kier molecular flexibility index (Phi) is 2.37. The zero-order valence-electron chi connectivity index (χ0n) is 7.69. The third-order valence-electron chi connectivity index (χ3n) is 2.17. The first-order chi connectivity index (χ1) is 6.75. The molecule has 0 saturated carbocycles. The molecule has 0 radical (unpaired) electrons. The third kappa shape index (κ3) is 1.85. The molecule has 1 heterocycles. The molecule has 4 nitrogen and oxygen atoms in total. The van der Waals surface area contributed by atoms with Crippen molar-refractivity contribution >= 4 is 11.6 Å². The van der Waals surface area contributed by atoms with Crippen LogP contribution in [-0.2, 0) is 9.53 Å². The van der Waals surface area contributed by atoms with Gasteiger partial charge >= 0.3 is 0 Å². The van der Waals surface area contributed by atoms with Gasteiger partial charge in [0.2, 0.25) is 5.91 Å². The van der Waals surface area contributed by atoms with Gasteiger partial charge in [-0.1, -0.05) is 12.1 Å². The first-order valence-electron chi connectivity index (χ1n) is 4.48. The molecule has 1 aromatic rings. The second kappa shape index (κ2) is 3.67. The molecule has 1 saturated heterocycles. The topological polar surface area (TPSA) is 64.3 Å². The number of benzene rings is 1. The largest absolute Gasteiger partial charge is 0.399 e. The highest BCUT2D eigenvalue weighted by Gasteiger charge is 2.19. The van der Waals surface area contributed by atoms with Crippen LogP contribution in [0.5, 0.6) is 0 Å². The van der Waals surface area contributed by atoms with Crippen LogP contribution in [-0.4, -0.2) is 19.1 Å². The van der Waals surface area contributed by atoms with Gasteiger partial charge in [-0.3, -0.25) is 4.79 Å². The van der Waals surface area contributed by atoms with Crippen LogP contribution >= 0.6 is 0 Å². The van der Waals surface area contributed by atoms with E-state index >= 15 is 0 Å². The molecule has 2 rings (SSSR count). The molecule has 0 unspecified atom stereocenters. The lowest BCUT2D eigenvalue weighted by atomic mass is 10.1. The van der Waals surface area contributed by atoms with Crippen molar-refractivity contribution in [1.82, 2.24) is 5.32 Å². The van der Waals surface area contributed by atoms with Crippen molar-refractivity contribution in [3.8, 4) is 0 Å². The minimum absolute atomic E-state index is 0.0697. The van der Waals surface area contributed by atoms with Crippen LogP contribution in [0.3, 0.4) is 0 Å². The number of carbonyl (C=O) groups excluding carboxylic acids is 1. The van der Waals surface area contributed by atoms with Gasteiger partial charge in [-0.15, -0.1) is 0 Å². The Morgan fingerprint density at radius 2 is 2.36 bits per heavy atom. The van der Waals surface area contributed by atoms with E-state index in [-0.39, 0.29) is 18.6 Å². The van der Waals surface area contributed by atoms with Gasteiger partial charge in [-0.25, -0.2) is 0 Å². The van der Waals surface area contributed by atoms with Crippen molar-refractivity contribution in [2.24, 2.45) is 0 Å². The number of amides is 1. The molecule has 0 aliphatic carbocycles. The summed E-state index contributed by atoms with van der Waals surface area (Å²) in [6.45, 7) is 0.661. The Bertz CT molecular complexity index is 352. The lowest BCUT2D eigenvalue weighted by molar-refractivity contribution is -0.131. The van der Waals surface area contributed by atoms with Crippen molar-refractivity contribution in [1.29, 1.82) is 0 Å². The molecular formula is C10H12N2O2. The molecule has 1 aliphatic rings. The molecule has 3 N–H and O–H groups in total. The number of hydrogen-bond acceptors (Lipinski definition) is 3. The summed E-state index contributed by atoms with van der Waals surface area (Å²) < 4.78 is 5.14. The zero-order chi connectivity index (χ0) is 9.97. The maximum atomic E-state index is 11.1. The van der Waals surface area contributed by atoms with Crippen LogP contribution in [0.4, 0.5) is 5.69 Å². The van der Waals surface area contributed by atoms with Crippen molar-refractivity contribution in [2.45, 2.75) is 6.04 Å². The van der Waals surface area contributed by atoms with E-state index in [1.807, 2.05) is 24.3 Å². The second-order valence-corrected chi connectivity index (χ2v) is 3.31. The van der Waals surface area contributed by atoms with Gasteiger partial charge in [0, 0.05) is 5.69 Å². The fraction of sp³-hybridized carbons (Fsp3) is 0.300. The van der Waals surface area contributed by atoms with Crippen LogP contribution in [0.1, 0.15) is 11.6 Å². The summed E-state index contributed by atoms with van der Waals surface area (Å²) in [5, 5.41) is 2.84. The Labute approximate surface area is 82.1 Å². The number of nitrogen functional groups attached to an aromatic ring is 1. The lowest BCUT2D eigenvalue weighted by Crippen LogP contribution is -2.39. The van der Waals surface area contributed by atoms with Gasteiger partial charge in [-0.05, 0) is 17.7 Å². The fourth-order valence-corrected chi connectivity index (χ4v) is 1.50. The van der Waals surface area contributed by atoms with E-state index in [0.717, 1.165) is 5.56 Å². The van der Waals surface area contributed by atoms with E-state index in [2.05, 4.69) is 5.32 Å². The Morgan fingerprint density at radius 3 is 3.07 bits per heavy atom. The van der Waals surface area contributed by atoms with E-state index in [1.54, 1.807) is 0 Å². The molecule has 1 fully saturated rings. The van der Waals surface area contributed by atoms with E-state index in [9.17, 15) is 4.79 Å². The number of anilines is 1. The summed E-state index contributed by atoms with van der Waals surface area (Å²) in [4.78, 5) is 11.1. The highest BCUT2D eigenvalue weighted by molar-refractivity contribution is 5.78. The first-order valence-corrected chi connectivity index (χ1v) is 4.48. The summed E-state index contributed by atoms with van der Waals surface area (Å²) in [5.74, 6) is -0.0799. The van der Waals surface area contributed by atoms with Crippen molar-refractivity contribution < 1.29 is 9.53 Å². The number of hydrogen-bond donors (Lipinski definition) is 2. The van der Waals surface area contributed by atoms with Gasteiger partial charge < -0.3 is 15.8 Å². The van der Waals surface area contributed by atoms with Gasteiger partial charge in [0.05, 0.1) is 12.6 Å². The molecule has 4 heteroatoms. The molecule has 0 aromatic heterocycles. The van der Waals surface area contributed by atoms with E-state index in [0.29, 0.717) is 12.3 Å². The van der Waals surface area contributed by atoms with Crippen LogP contribution in [0, 0.1) is 0 Å². The van der Waals surface area contributed by atoms with E-state index in [4.69, 9.17) is 10.5 Å². The van der Waals surface area contributed by atoms with Crippen molar-refractivity contribution in [3.63, 3.8) is 0 Å². The van der Waals surface area contributed by atoms with Gasteiger partial charge in [0.15, 0.2) is 0 Å². The third-order valence-corrected chi connectivity index (χ3v) is 2.17. The number of carbonyl (C=O) groups is 1. The first kappa shape index (κ1) is 9.02. The Morgan fingerprint density at radius 1 is 1.50 bits per heavy atom. The zero-order valence-corrected chi connectivity index (χ0v) is 7.69. The Hall–Kier alpha value is -1.55. The normalized spacial score (nSPS) is 21.7. The molecule has 1 aromatic carbocycles. The average molecular weight is 192 g/mol. The highest BCUT2D eigenvalue weighted by atomic mass is 16.5. The minimum Gasteiger partial charge on any atom is -0.399 e. The quantitative estimate of drug-likeness (QED) is 0.635. The summed E-state index contributed by atoms with van der Waals surface area (Å²) >= 11 is 0. The number of nitrogens with one attached hydrogen (secondary N) is 1. The van der Waals surface area contributed by atoms with Crippen molar-refractivity contribution in [2.75, 3.05) is 18.9 Å². The molecule has 1 atom stereocenters. The number of morpholine rings is 1. The Balaban J connectivity index is 2.17. The number of nitrogens with two attached hydrogens (primary N) is 1. The number of rotatable bonds is 1. The maximum absolute atomic E-state index is 11.1. The highest BCUT2D eigenvalue weighted by Crippen LogP contribution is 2.17. The van der Waals surface area contributed by atoms with Crippen LogP contribution in [0.25, 0.3) is 0 Å². The van der Waals surface area contributed by atoms with Crippen LogP contribution < -0.4 is 11.1 Å². The smallest absolute Gasteiger partial charge is 0.246 e. The standard InChI is InChI=1S/C10H12N2O2/c11-8-3-1-2-7(4-8)9-5-14-6-10(13)12-9/h1-4,9H,5-6,11H2,(H,12,13)/t9-/m1/s1. The maximum Gasteiger partial charge on any atom is 0.246 e. The van der Waals surface area contributed by atoms with Gasteiger partial charge in [-0.2, -0.15) is 0 Å². The van der Waals surface area contributed by atoms with Crippen LogP contribution in [0.2, 0.25) is 0 Å². The molecule has 0 spiro atoms.